The van der Waals surface area contributed by atoms with Crippen LogP contribution < -0.4 is 5.32 Å². The molecule has 0 heterocycles. The third-order valence-electron chi connectivity index (χ3n) is 2.80. The van der Waals surface area contributed by atoms with Gasteiger partial charge in [-0.15, -0.1) is 0 Å². The van der Waals surface area contributed by atoms with Crippen molar-refractivity contribution in [1.82, 2.24) is 5.32 Å². The Bertz CT molecular complexity index is 415. The molecule has 0 bridgehead atoms. The molecule has 3 nitrogen and oxygen atoms in total. The van der Waals surface area contributed by atoms with Crippen molar-refractivity contribution in [1.29, 1.82) is 0 Å². The van der Waals surface area contributed by atoms with Gasteiger partial charge in [-0.2, -0.15) is 0 Å². The lowest BCUT2D eigenvalue weighted by atomic mass is 10.2. The number of halogens is 2. The summed E-state index contributed by atoms with van der Waals surface area (Å²) in [6.45, 7) is 1.12. The first-order chi connectivity index (χ1) is 8.68. The molecule has 1 fully saturated rings. The van der Waals surface area contributed by atoms with E-state index in [9.17, 15) is 9.18 Å². The smallest absolute Gasteiger partial charge is 0.308 e. The highest BCUT2D eigenvalue weighted by atomic mass is 35.5. The summed E-state index contributed by atoms with van der Waals surface area (Å²) >= 11 is 5.88. The van der Waals surface area contributed by atoms with Crippen LogP contribution >= 0.6 is 11.6 Å². The van der Waals surface area contributed by atoms with Crippen LogP contribution in [0, 0.1) is 11.7 Å². The first-order valence-corrected chi connectivity index (χ1v) is 6.36. The van der Waals surface area contributed by atoms with Crippen molar-refractivity contribution < 1.29 is 13.9 Å². The lowest BCUT2D eigenvalue weighted by molar-refractivity contribution is -0.145. The second-order valence-electron chi connectivity index (χ2n) is 4.32. The molecule has 0 radical (unpaired) electrons. The van der Waals surface area contributed by atoms with E-state index in [0.29, 0.717) is 30.3 Å². The van der Waals surface area contributed by atoms with Gasteiger partial charge in [-0.3, -0.25) is 4.79 Å². The quantitative estimate of drug-likeness (QED) is 0.638. The molecule has 0 aliphatic heterocycles. The summed E-state index contributed by atoms with van der Waals surface area (Å²) in [4.78, 5) is 11.2. The van der Waals surface area contributed by atoms with Crippen LogP contribution in [0.25, 0.3) is 0 Å². The van der Waals surface area contributed by atoms with Gasteiger partial charge in [-0.05, 0) is 25.0 Å². The molecule has 1 aliphatic carbocycles. The summed E-state index contributed by atoms with van der Waals surface area (Å²) in [6.07, 6.45) is 1.88. The highest BCUT2D eigenvalue weighted by Crippen LogP contribution is 2.29. The fourth-order valence-corrected chi connectivity index (χ4v) is 1.81. The lowest BCUT2D eigenvalue weighted by Gasteiger charge is -2.08. The average molecular weight is 272 g/mol. The monoisotopic (exact) mass is 271 g/mol. The number of benzene rings is 1. The Kier molecular flexibility index (Phi) is 4.55. The van der Waals surface area contributed by atoms with Gasteiger partial charge in [0.1, 0.15) is 12.4 Å². The molecule has 0 unspecified atom stereocenters. The topological polar surface area (TPSA) is 38.3 Å². The maximum atomic E-state index is 13.4. The summed E-state index contributed by atoms with van der Waals surface area (Å²) in [7, 11) is 0. The van der Waals surface area contributed by atoms with Crippen LogP contribution in [0.1, 0.15) is 18.4 Å². The van der Waals surface area contributed by atoms with Gasteiger partial charge in [0, 0.05) is 23.7 Å². The molecule has 1 aromatic rings. The summed E-state index contributed by atoms with van der Waals surface area (Å²) < 4.78 is 18.4. The molecule has 0 amide bonds. The van der Waals surface area contributed by atoms with E-state index in [1.165, 1.54) is 6.07 Å². The predicted octanol–water partition coefficient (Wildman–Crippen LogP) is 2.52. The Balaban J connectivity index is 1.67. The van der Waals surface area contributed by atoms with Gasteiger partial charge < -0.3 is 10.1 Å². The molecule has 0 saturated heterocycles. The molecule has 18 heavy (non-hydrogen) atoms. The Hall–Kier alpha value is -1.13. The van der Waals surface area contributed by atoms with Gasteiger partial charge >= 0.3 is 5.97 Å². The van der Waals surface area contributed by atoms with Gasteiger partial charge in [-0.25, -0.2) is 4.39 Å². The Labute approximate surface area is 110 Å². The molecule has 1 N–H and O–H groups in total. The number of nitrogens with one attached hydrogen (secondary N) is 1. The van der Waals surface area contributed by atoms with Crippen LogP contribution in [-0.4, -0.2) is 19.1 Å². The molecular weight excluding hydrogens is 257 g/mol. The SMILES string of the molecule is O=C(OCCNCc1c(F)cccc1Cl)C1CC1. The maximum Gasteiger partial charge on any atom is 0.308 e. The first kappa shape index (κ1) is 13.3. The molecule has 5 heteroatoms. The van der Waals surface area contributed by atoms with Gasteiger partial charge in [0.05, 0.1) is 5.92 Å². The van der Waals surface area contributed by atoms with Crippen LogP contribution in [0.15, 0.2) is 18.2 Å². The largest absolute Gasteiger partial charge is 0.464 e. The lowest BCUT2D eigenvalue weighted by Crippen LogP contribution is -2.22. The van der Waals surface area contributed by atoms with Gasteiger partial charge in [0.25, 0.3) is 0 Å². The predicted molar refractivity (Wildman–Crippen MR) is 66.8 cm³/mol. The number of ether oxygens (including phenoxy) is 1. The number of carbonyl (C=O) groups is 1. The van der Waals surface area contributed by atoms with Crippen molar-refractivity contribution in [3.8, 4) is 0 Å². The normalized spacial score (nSPS) is 14.6. The van der Waals surface area contributed by atoms with E-state index in [1.807, 2.05) is 0 Å². The number of hydrogen-bond acceptors (Lipinski definition) is 3. The van der Waals surface area contributed by atoms with E-state index < -0.39 is 0 Å². The zero-order valence-corrected chi connectivity index (χ0v) is 10.7. The molecule has 2 rings (SSSR count). The zero-order valence-electron chi connectivity index (χ0n) is 9.92. The van der Waals surface area contributed by atoms with Gasteiger partial charge in [0.15, 0.2) is 0 Å². The number of carbonyl (C=O) groups excluding carboxylic acids is 1. The van der Waals surface area contributed by atoms with Crippen LogP contribution in [0.4, 0.5) is 4.39 Å². The molecule has 98 valence electrons. The van der Waals surface area contributed by atoms with Crippen molar-refractivity contribution >= 4 is 17.6 Å². The minimum atomic E-state index is -0.329. The maximum absolute atomic E-state index is 13.4. The number of rotatable bonds is 6. The highest BCUT2D eigenvalue weighted by molar-refractivity contribution is 6.31. The molecule has 1 aromatic carbocycles. The Morgan fingerprint density at radius 3 is 2.94 bits per heavy atom. The van der Waals surface area contributed by atoms with Crippen LogP contribution in [-0.2, 0) is 16.1 Å². The van der Waals surface area contributed by atoms with Crippen LogP contribution in [0.3, 0.4) is 0 Å². The zero-order chi connectivity index (χ0) is 13.0. The fourth-order valence-electron chi connectivity index (χ4n) is 1.58. The van der Waals surface area contributed by atoms with E-state index >= 15 is 0 Å². The molecule has 0 spiro atoms. The van der Waals surface area contributed by atoms with Crippen LogP contribution in [0.2, 0.25) is 5.02 Å². The van der Waals surface area contributed by atoms with Crippen molar-refractivity contribution in [2.24, 2.45) is 5.92 Å². The summed E-state index contributed by atoms with van der Waals surface area (Å²) in [5.41, 5.74) is 0.438. The molecule has 0 atom stereocenters. The third kappa shape index (κ3) is 3.68. The molecular formula is C13H15ClFNO2. The second kappa shape index (κ2) is 6.16. The molecule has 1 aliphatic rings. The van der Waals surface area contributed by atoms with Crippen molar-refractivity contribution in [3.63, 3.8) is 0 Å². The standard InChI is InChI=1S/C13H15ClFNO2/c14-11-2-1-3-12(15)10(11)8-16-6-7-18-13(17)9-4-5-9/h1-3,9,16H,4-8H2. The van der Waals surface area contributed by atoms with E-state index in [-0.39, 0.29) is 17.7 Å². The highest BCUT2D eigenvalue weighted by Gasteiger charge is 2.30. The summed E-state index contributed by atoms with van der Waals surface area (Å²) in [5, 5.41) is 3.40. The second-order valence-corrected chi connectivity index (χ2v) is 4.73. The van der Waals surface area contributed by atoms with E-state index in [4.69, 9.17) is 16.3 Å². The van der Waals surface area contributed by atoms with E-state index in [1.54, 1.807) is 12.1 Å². The first-order valence-electron chi connectivity index (χ1n) is 5.98. The minimum Gasteiger partial charge on any atom is -0.464 e. The number of hydrogen-bond donors (Lipinski definition) is 1. The Morgan fingerprint density at radius 1 is 1.50 bits per heavy atom. The van der Waals surface area contributed by atoms with Crippen LogP contribution in [0.5, 0.6) is 0 Å². The summed E-state index contributed by atoms with van der Waals surface area (Å²) in [6, 6.07) is 4.59. The summed E-state index contributed by atoms with van der Waals surface area (Å²) in [5.74, 6) is -0.336. The molecule has 1 saturated carbocycles. The third-order valence-corrected chi connectivity index (χ3v) is 3.15. The average Bonchev–Trinajstić information content (AvgIpc) is 3.15. The van der Waals surface area contributed by atoms with Crippen molar-refractivity contribution in [2.45, 2.75) is 19.4 Å². The molecule has 0 aromatic heterocycles. The van der Waals surface area contributed by atoms with E-state index in [0.717, 1.165) is 12.8 Å². The Morgan fingerprint density at radius 2 is 2.28 bits per heavy atom. The van der Waals surface area contributed by atoms with Gasteiger partial charge in [-0.1, -0.05) is 17.7 Å². The van der Waals surface area contributed by atoms with Gasteiger partial charge in [0.2, 0.25) is 0 Å². The van der Waals surface area contributed by atoms with Crippen molar-refractivity contribution in [3.05, 3.63) is 34.6 Å². The number of esters is 1. The van der Waals surface area contributed by atoms with Crippen molar-refractivity contribution in [2.75, 3.05) is 13.2 Å². The van der Waals surface area contributed by atoms with E-state index in [2.05, 4.69) is 5.32 Å². The fraction of sp³-hybridized carbons (Fsp3) is 0.462. The minimum absolute atomic E-state index is 0.117.